The highest BCUT2D eigenvalue weighted by molar-refractivity contribution is 5.28. The maximum Gasteiger partial charge on any atom is 0.0288 e. The number of allylic oxidation sites excluding steroid dienone is 1. The van der Waals surface area contributed by atoms with Crippen molar-refractivity contribution < 1.29 is 0 Å². The van der Waals surface area contributed by atoms with Crippen LogP contribution in [0.5, 0.6) is 0 Å². The molecule has 1 nitrogen and oxygen atoms in total. The lowest BCUT2D eigenvalue weighted by molar-refractivity contribution is 0.141. The fourth-order valence-corrected chi connectivity index (χ4v) is 3.68. The summed E-state index contributed by atoms with van der Waals surface area (Å²) in [5, 5.41) is 0. The molecule has 1 saturated heterocycles. The third kappa shape index (κ3) is 5.21. The lowest BCUT2D eigenvalue weighted by Crippen LogP contribution is -2.43. The third-order valence-corrected chi connectivity index (χ3v) is 5.37. The quantitative estimate of drug-likeness (QED) is 0.627. The topological polar surface area (TPSA) is 3.24 Å². The molecule has 1 unspecified atom stereocenters. The van der Waals surface area contributed by atoms with Gasteiger partial charge in [-0.2, -0.15) is 0 Å². The first kappa shape index (κ1) is 18.3. The molecule has 1 aromatic rings. The van der Waals surface area contributed by atoms with Crippen LogP contribution < -0.4 is 0 Å². The van der Waals surface area contributed by atoms with Gasteiger partial charge in [-0.1, -0.05) is 62.2 Å². The van der Waals surface area contributed by atoms with Crippen LogP contribution in [-0.4, -0.2) is 24.0 Å². The zero-order chi connectivity index (χ0) is 17.0. The van der Waals surface area contributed by atoms with Gasteiger partial charge in [-0.15, -0.1) is 0 Å². The highest BCUT2D eigenvalue weighted by Crippen LogP contribution is 2.32. The Morgan fingerprint density at radius 3 is 2.26 bits per heavy atom. The van der Waals surface area contributed by atoms with Crippen LogP contribution in [0.2, 0.25) is 0 Å². The van der Waals surface area contributed by atoms with Crippen LogP contribution in [0.1, 0.15) is 65.0 Å². The van der Waals surface area contributed by atoms with Gasteiger partial charge in [-0.25, -0.2) is 0 Å². The normalized spacial score (nSPS) is 18.7. The van der Waals surface area contributed by atoms with Gasteiger partial charge in [0, 0.05) is 6.04 Å². The molecule has 1 aromatic carbocycles. The highest BCUT2D eigenvalue weighted by Gasteiger charge is 2.29. The zero-order valence-electron chi connectivity index (χ0n) is 16.0. The largest absolute Gasteiger partial charge is 0.297 e. The molecule has 1 heteroatoms. The molecule has 1 aliphatic heterocycles. The molecule has 0 spiro atoms. The predicted octanol–water partition coefficient (Wildman–Crippen LogP) is 5.73. The van der Waals surface area contributed by atoms with Gasteiger partial charge in [0.2, 0.25) is 0 Å². The van der Waals surface area contributed by atoms with Crippen LogP contribution in [0, 0.1) is 12.8 Å². The van der Waals surface area contributed by atoms with E-state index in [1.165, 1.54) is 49.1 Å². The Balaban J connectivity index is 2.16. The fourth-order valence-electron chi connectivity index (χ4n) is 3.68. The summed E-state index contributed by atoms with van der Waals surface area (Å²) in [5.74, 6) is 0.892. The molecule has 1 aliphatic rings. The summed E-state index contributed by atoms with van der Waals surface area (Å²) >= 11 is 0. The molecule has 1 heterocycles. The van der Waals surface area contributed by atoms with Crippen molar-refractivity contribution in [1.82, 2.24) is 4.90 Å². The van der Waals surface area contributed by atoms with Gasteiger partial charge in [-0.3, -0.25) is 4.90 Å². The van der Waals surface area contributed by atoms with Gasteiger partial charge in [0.15, 0.2) is 0 Å². The van der Waals surface area contributed by atoms with Crippen molar-refractivity contribution in [2.24, 2.45) is 5.92 Å². The standard InChI is InChI=1S/C22H35N/c1-17(2)15-21(23-13-11-19(4)12-14-23)16-22(5,6)20-9-7-18(3)8-10-20/h7-10,15,19,21H,11-14,16H2,1-6H3. The average Bonchev–Trinajstić information content (AvgIpc) is 2.47. The Labute approximate surface area is 143 Å². The molecule has 0 radical (unpaired) electrons. The minimum absolute atomic E-state index is 0.202. The number of hydrogen-bond acceptors (Lipinski definition) is 1. The molecule has 0 aliphatic carbocycles. The molecule has 1 atom stereocenters. The van der Waals surface area contributed by atoms with Crippen molar-refractivity contribution in [2.75, 3.05) is 13.1 Å². The van der Waals surface area contributed by atoms with E-state index < -0.39 is 0 Å². The summed E-state index contributed by atoms with van der Waals surface area (Å²) in [6.45, 7) is 16.3. The number of aryl methyl sites for hydroxylation is 1. The molecule has 128 valence electrons. The van der Waals surface area contributed by atoms with E-state index in [1.54, 1.807) is 0 Å². The van der Waals surface area contributed by atoms with Crippen molar-refractivity contribution in [3.63, 3.8) is 0 Å². The van der Waals surface area contributed by atoms with Crippen molar-refractivity contribution >= 4 is 0 Å². The second kappa shape index (κ2) is 7.66. The van der Waals surface area contributed by atoms with Crippen molar-refractivity contribution in [3.8, 4) is 0 Å². The molecule has 23 heavy (non-hydrogen) atoms. The number of hydrogen-bond donors (Lipinski definition) is 0. The van der Waals surface area contributed by atoms with Crippen LogP contribution in [0.4, 0.5) is 0 Å². The third-order valence-electron chi connectivity index (χ3n) is 5.37. The van der Waals surface area contributed by atoms with Gasteiger partial charge in [0.25, 0.3) is 0 Å². The Morgan fingerprint density at radius 1 is 1.17 bits per heavy atom. The molecule has 1 fully saturated rings. The first-order valence-corrected chi connectivity index (χ1v) is 9.24. The smallest absolute Gasteiger partial charge is 0.0288 e. The van der Waals surface area contributed by atoms with E-state index in [1.807, 2.05) is 0 Å². The SMILES string of the molecule is CC(C)=CC(CC(C)(C)c1ccc(C)cc1)N1CCC(C)CC1. The maximum absolute atomic E-state index is 2.71. The van der Waals surface area contributed by atoms with Crippen LogP contribution in [0.3, 0.4) is 0 Å². The van der Waals surface area contributed by atoms with Crippen LogP contribution in [-0.2, 0) is 5.41 Å². The van der Waals surface area contributed by atoms with Gasteiger partial charge in [0.05, 0.1) is 0 Å². The van der Waals surface area contributed by atoms with Crippen LogP contribution in [0.15, 0.2) is 35.9 Å². The van der Waals surface area contributed by atoms with Crippen molar-refractivity contribution in [1.29, 1.82) is 0 Å². The highest BCUT2D eigenvalue weighted by atomic mass is 15.2. The number of benzene rings is 1. The van der Waals surface area contributed by atoms with Gasteiger partial charge in [0.1, 0.15) is 0 Å². The molecule has 0 bridgehead atoms. The summed E-state index contributed by atoms with van der Waals surface area (Å²) < 4.78 is 0. The second-order valence-corrected chi connectivity index (χ2v) is 8.48. The molecule has 0 amide bonds. The Bertz CT molecular complexity index is 511. The number of likely N-dealkylation sites (tertiary alicyclic amines) is 1. The summed E-state index contributed by atoms with van der Waals surface area (Å²) in [6, 6.07) is 9.68. The van der Waals surface area contributed by atoms with E-state index in [9.17, 15) is 0 Å². The lowest BCUT2D eigenvalue weighted by Gasteiger charge is -2.39. The molecular weight excluding hydrogens is 278 g/mol. The van der Waals surface area contributed by atoms with Gasteiger partial charge < -0.3 is 0 Å². The van der Waals surface area contributed by atoms with E-state index in [4.69, 9.17) is 0 Å². The Hall–Kier alpha value is -1.08. The summed E-state index contributed by atoms with van der Waals surface area (Å²) in [7, 11) is 0. The van der Waals surface area contributed by atoms with Crippen LogP contribution in [0.25, 0.3) is 0 Å². The monoisotopic (exact) mass is 313 g/mol. The zero-order valence-corrected chi connectivity index (χ0v) is 16.0. The number of rotatable bonds is 5. The molecule has 0 aromatic heterocycles. The van der Waals surface area contributed by atoms with Crippen LogP contribution >= 0.6 is 0 Å². The average molecular weight is 314 g/mol. The molecular formula is C22H35N. The number of piperidine rings is 1. The fraction of sp³-hybridized carbons (Fsp3) is 0.636. The lowest BCUT2D eigenvalue weighted by atomic mass is 9.78. The first-order chi connectivity index (χ1) is 10.8. The Morgan fingerprint density at radius 2 is 1.74 bits per heavy atom. The summed E-state index contributed by atoms with van der Waals surface area (Å²) in [5.41, 5.74) is 4.44. The molecule has 0 saturated carbocycles. The van der Waals surface area contributed by atoms with Gasteiger partial charge >= 0.3 is 0 Å². The predicted molar refractivity (Wildman–Crippen MR) is 102 cm³/mol. The second-order valence-electron chi connectivity index (χ2n) is 8.48. The van der Waals surface area contributed by atoms with Crippen molar-refractivity contribution in [2.45, 2.75) is 72.3 Å². The molecule has 0 N–H and O–H groups in total. The molecule has 2 rings (SSSR count). The number of nitrogens with zero attached hydrogens (tertiary/aromatic N) is 1. The van der Waals surface area contributed by atoms with E-state index in [0.717, 1.165) is 5.92 Å². The van der Waals surface area contributed by atoms with E-state index in [2.05, 4.69) is 76.8 Å². The van der Waals surface area contributed by atoms with E-state index in [-0.39, 0.29) is 5.41 Å². The minimum Gasteiger partial charge on any atom is -0.297 e. The maximum atomic E-state index is 2.71. The van der Waals surface area contributed by atoms with Gasteiger partial charge in [-0.05, 0) is 70.0 Å². The Kier molecular flexibility index (Phi) is 6.08. The summed E-state index contributed by atoms with van der Waals surface area (Å²) in [4.78, 5) is 2.71. The first-order valence-electron chi connectivity index (χ1n) is 9.24. The summed E-state index contributed by atoms with van der Waals surface area (Å²) in [6.07, 6.45) is 6.37. The minimum atomic E-state index is 0.202. The van der Waals surface area contributed by atoms with E-state index in [0.29, 0.717) is 6.04 Å². The van der Waals surface area contributed by atoms with Crippen molar-refractivity contribution in [3.05, 3.63) is 47.0 Å². The van der Waals surface area contributed by atoms with E-state index >= 15 is 0 Å².